The highest BCUT2D eigenvalue weighted by Crippen LogP contribution is 2.26. The Morgan fingerprint density at radius 3 is 2.61 bits per heavy atom. The van der Waals surface area contributed by atoms with E-state index in [-0.39, 0.29) is 0 Å². The van der Waals surface area contributed by atoms with Crippen LogP contribution in [0.15, 0.2) is 0 Å². The van der Waals surface area contributed by atoms with Gasteiger partial charge in [-0.3, -0.25) is 4.79 Å². The predicted octanol–water partition coefficient (Wildman–Crippen LogP) is 1.44. The summed E-state index contributed by atoms with van der Waals surface area (Å²) in [5.74, 6) is 1.20. The van der Waals surface area contributed by atoms with Gasteiger partial charge >= 0.3 is 0 Å². The van der Waals surface area contributed by atoms with Crippen LogP contribution in [0.5, 0.6) is 0 Å². The number of aryl methyl sites for hydroxylation is 1. The molecule has 0 atom stereocenters. The lowest BCUT2D eigenvalue weighted by molar-refractivity contribution is -0.130. The zero-order chi connectivity index (χ0) is 12.5. The first-order valence-electron chi connectivity index (χ1n) is 6.59. The molecule has 18 heavy (non-hydrogen) atoms. The van der Waals surface area contributed by atoms with Crippen LogP contribution in [0.1, 0.15) is 31.5 Å². The summed E-state index contributed by atoms with van der Waals surface area (Å²) in [6, 6.07) is 0.449. The molecule has 5 nitrogen and oxygen atoms in total. The van der Waals surface area contributed by atoms with Gasteiger partial charge in [-0.15, -0.1) is 0 Å². The normalized spacial score (nSPS) is 21.9. The van der Waals surface area contributed by atoms with Gasteiger partial charge in [-0.05, 0) is 26.2 Å². The number of aromatic nitrogens is 2. The summed E-state index contributed by atoms with van der Waals surface area (Å²) < 4.78 is 4.22. The average Bonchev–Trinajstić information content (AvgIpc) is 2.98. The molecular formula is C12H18N4OS. The summed E-state index contributed by atoms with van der Waals surface area (Å²) in [5.41, 5.74) is 0. The maximum Gasteiger partial charge on any atom is 0.222 e. The molecule has 2 saturated heterocycles. The number of piperidine rings is 1. The van der Waals surface area contributed by atoms with Gasteiger partial charge < -0.3 is 9.80 Å². The van der Waals surface area contributed by atoms with Gasteiger partial charge in [0.25, 0.3) is 0 Å². The van der Waals surface area contributed by atoms with Crippen LogP contribution in [0.3, 0.4) is 0 Å². The van der Waals surface area contributed by atoms with E-state index in [0.717, 1.165) is 56.3 Å². The molecule has 0 N–H and O–H groups in total. The third-order valence-electron chi connectivity index (χ3n) is 3.80. The Bertz CT molecular complexity index is 439. The van der Waals surface area contributed by atoms with Crippen molar-refractivity contribution in [2.75, 3.05) is 24.5 Å². The van der Waals surface area contributed by atoms with Crippen molar-refractivity contribution in [3.63, 3.8) is 0 Å². The van der Waals surface area contributed by atoms with E-state index in [2.05, 4.69) is 19.2 Å². The van der Waals surface area contributed by atoms with Crippen LogP contribution in [0, 0.1) is 6.92 Å². The van der Waals surface area contributed by atoms with Gasteiger partial charge in [-0.2, -0.15) is 4.37 Å². The summed E-state index contributed by atoms with van der Waals surface area (Å²) in [6.07, 6.45) is 3.90. The Kier molecular flexibility index (Phi) is 3.20. The number of hydrogen-bond donors (Lipinski definition) is 0. The molecule has 1 amide bonds. The molecule has 3 heterocycles. The first-order chi connectivity index (χ1) is 8.74. The number of anilines is 1. The van der Waals surface area contributed by atoms with E-state index < -0.39 is 0 Å². The highest BCUT2D eigenvalue weighted by atomic mass is 32.1. The Morgan fingerprint density at radius 1 is 1.28 bits per heavy atom. The molecule has 1 aromatic rings. The van der Waals surface area contributed by atoms with Crippen LogP contribution in [0.2, 0.25) is 0 Å². The Balaban J connectivity index is 1.59. The molecule has 2 aliphatic heterocycles. The van der Waals surface area contributed by atoms with Crippen LogP contribution >= 0.6 is 11.5 Å². The van der Waals surface area contributed by atoms with Crippen molar-refractivity contribution in [1.29, 1.82) is 0 Å². The lowest BCUT2D eigenvalue weighted by atomic mass is 10.0. The molecule has 0 saturated carbocycles. The molecule has 0 aliphatic carbocycles. The van der Waals surface area contributed by atoms with Gasteiger partial charge in [0.1, 0.15) is 5.82 Å². The van der Waals surface area contributed by atoms with Crippen molar-refractivity contribution in [3.05, 3.63) is 5.82 Å². The summed E-state index contributed by atoms with van der Waals surface area (Å²) in [5, 5.41) is 1.03. The Labute approximate surface area is 111 Å². The van der Waals surface area contributed by atoms with Crippen LogP contribution in [0.25, 0.3) is 0 Å². The van der Waals surface area contributed by atoms with Gasteiger partial charge in [-0.1, -0.05) is 0 Å². The maximum absolute atomic E-state index is 11.7. The van der Waals surface area contributed by atoms with Gasteiger partial charge in [0.05, 0.1) is 0 Å². The fourth-order valence-corrected chi connectivity index (χ4v) is 3.56. The minimum absolute atomic E-state index is 0.347. The molecule has 0 aromatic carbocycles. The Hall–Kier alpha value is -1.17. The maximum atomic E-state index is 11.7. The number of carbonyl (C=O) groups excluding carboxylic acids is 1. The van der Waals surface area contributed by atoms with Crippen LogP contribution in [-0.4, -0.2) is 45.8 Å². The van der Waals surface area contributed by atoms with E-state index in [1.54, 1.807) is 0 Å². The smallest absolute Gasteiger partial charge is 0.222 e. The number of carbonyl (C=O) groups is 1. The first-order valence-corrected chi connectivity index (χ1v) is 7.36. The predicted molar refractivity (Wildman–Crippen MR) is 70.8 cm³/mol. The van der Waals surface area contributed by atoms with E-state index in [1.807, 2.05) is 6.92 Å². The fraction of sp³-hybridized carbons (Fsp3) is 0.750. The highest BCUT2D eigenvalue weighted by Gasteiger charge is 2.31. The second-order valence-corrected chi connectivity index (χ2v) is 5.76. The van der Waals surface area contributed by atoms with Crippen LogP contribution in [0.4, 0.5) is 5.13 Å². The second kappa shape index (κ2) is 4.84. The SMILES string of the molecule is Cc1nsc(N2CCC(N3CCCC3=O)CC2)n1. The number of nitrogens with zero attached hydrogens (tertiary/aromatic N) is 4. The number of hydrogen-bond acceptors (Lipinski definition) is 5. The summed E-state index contributed by atoms with van der Waals surface area (Å²) in [7, 11) is 0. The number of likely N-dealkylation sites (tertiary alicyclic amines) is 1. The monoisotopic (exact) mass is 266 g/mol. The average molecular weight is 266 g/mol. The summed E-state index contributed by atoms with van der Waals surface area (Å²) in [6.45, 7) is 4.86. The molecule has 98 valence electrons. The molecule has 3 rings (SSSR count). The standard InChI is InChI=1S/C12H18N4OS/c1-9-13-12(18-14-9)15-7-4-10(5-8-15)16-6-2-3-11(16)17/h10H,2-8H2,1H3. The third-order valence-corrected chi connectivity index (χ3v) is 4.67. The fourth-order valence-electron chi connectivity index (χ4n) is 2.84. The van der Waals surface area contributed by atoms with Crippen molar-refractivity contribution in [3.8, 4) is 0 Å². The van der Waals surface area contributed by atoms with E-state index >= 15 is 0 Å². The second-order valence-electron chi connectivity index (χ2n) is 5.03. The number of amides is 1. The molecule has 1 aromatic heterocycles. The minimum atomic E-state index is 0.347. The molecule has 0 radical (unpaired) electrons. The first kappa shape index (κ1) is 11.9. The number of rotatable bonds is 2. The summed E-state index contributed by atoms with van der Waals surface area (Å²) in [4.78, 5) is 20.5. The Morgan fingerprint density at radius 2 is 2.06 bits per heavy atom. The van der Waals surface area contributed by atoms with Gasteiger partial charge in [0, 0.05) is 43.6 Å². The third kappa shape index (κ3) is 2.21. The van der Waals surface area contributed by atoms with Gasteiger partial charge in [0.2, 0.25) is 11.0 Å². The van der Waals surface area contributed by atoms with Crippen molar-refractivity contribution in [2.24, 2.45) is 0 Å². The lowest BCUT2D eigenvalue weighted by Gasteiger charge is -2.36. The van der Waals surface area contributed by atoms with E-state index in [9.17, 15) is 4.79 Å². The zero-order valence-electron chi connectivity index (χ0n) is 10.6. The van der Waals surface area contributed by atoms with Crippen molar-refractivity contribution < 1.29 is 4.79 Å². The van der Waals surface area contributed by atoms with E-state index in [4.69, 9.17) is 0 Å². The highest BCUT2D eigenvalue weighted by molar-refractivity contribution is 7.09. The van der Waals surface area contributed by atoms with Crippen LogP contribution < -0.4 is 4.90 Å². The topological polar surface area (TPSA) is 49.3 Å². The lowest BCUT2D eigenvalue weighted by Crippen LogP contribution is -2.45. The molecule has 0 unspecified atom stereocenters. The van der Waals surface area contributed by atoms with Crippen molar-refractivity contribution in [1.82, 2.24) is 14.3 Å². The minimum Gasteiger partial charge on any atom is -0.347 e. The quantitative estimate of drug-likeness (QED) is 0.812. The van der Waals surface area contributed by atoms with E-state index in [0.29, 0.717) is 11.9 Å². The molecule has 0 spiro atoms. The molecule has 2 fully saturated rings. The largest absolute Gasteiger partial charge is 0.347 e. The molecular weight excluding hydrogens is 248 g/mol. The summed E-state index contributed by atoms with van der Waals surface area (Å²) >= 11 is 1.47. The van der Waals surface area contributed by atoms with Gasteiger partial charge in [0.15, 0.2) is 0 Å². The molecule has 0 bridgehead atoms. The van der Waals surface area contributed by atoms with Crippen molar-refractivity contribution >= 4 is 22.6 Å². The molecule has 2 aliphatic rings. The van der Waals surface area contributed by atoms with Crippen molar-refractivity contribution in [2.45, 2.75) is 38.6 Å². The zero-order valence-corrected chi connectivity index (χ0v) is 11.4. The van der Waals surface area contributed by atoms with Gasteiger partial charge in [-0.25, -0.2) is 4.98 Å². The van der Waals surface area contributed by atoms with Crippen LogP contribution in [-0.2, 0) is 4.79 Å². The molecule has 6 heteroatoms. The van der Waals surface area contributed by atoms with E-state index in [1.165, 1.54) is 11.5 Å².